The van der Waals surface area contributed by atoms with Crippen LogP contribution in [0, 0.1) is 0 Å². The van der Waals surface area contributed by atoms with Crippen LogP contribution >= 0.6 is 15.9 Å². The highest BCUT2D eigenvalue weighted by Crippen LogP contribution is 2.45. The molecule has 0 amide bonds. The molecule has 2 atom stereocenters. The predicted octanol–water partition coefficient (Wildman–Crippen LogP) is 3.51. The van der Waals surface area contributed by atoms with Crippen molar-refractivity contribution in [2.75, 3.05) is 11.7 Å². The molecule has 20 heavy (non-hydrogen) atoms. The third-order valence-corrected chi connectivity index (χ3v) is 4.29. The summed E-state index contributed by atoms with van der Waals surface area (Å²) < 4.78 is -0.732. The van der Waals surface area contributed by atoms with E-state index in [1.807, 2.05) is 60.7 Å². The molecule has 0 bridgehead atoms. The molecule has 102 valence electrons. The van der Waals surface area contributed by atoms with Crippen molar-refractivity contribution in [1.82, 2.24) is 0 Å². The molecular weight excluding hydrogens is 318 g/mol. The van der Waals surface area contributed by atoms with Crippen LogP contribution in [0.5, 0.6) is 0 Å². The highest BCUT2D eigenvalue weighted by atomic mass is 79.9. The summed E-state index contributed by atoms with van der Waals surface area (Å²) in [6.07, 6.45) is 0.924. The molecule has 1 aliphatic rings. The lowest BCUT2D eigenvalue weighted by Gasteiger charge is -2.29. The number of hydroxylamine groups is 1. The Bertz CT molecular complexity index is 590. The first-order chi connectivity index (χ1) is 9.74. The Morgan fingerprint density at radius 3 is 2.30 bits per heavy atom. The summed E-state index contributed by atoms with van der Waals surface area (Å²) in [6.45, 7) is 0.310. The van der Waals surface area contributed by atoms with Gasteiger partial charge in [0.15, 0.2) is 0 Å². The third kappa shape index (κ3) is 2.25. The minimum Gasteiger partial charge on any atom is -0.302 e. The smallest absolute Gasteiger partial charge is 0.141 e. The Kier molecular flexibility index (Phi) is 3.59. The van der Waals surface area contributed by atoms with Gasteiger partial charge in [-0.15, -0.1) is 0 Å². The number of hydrogen-bond acceptors (Lipinski definition) is 3. The summed E-state index contributed by atoms with van der Waals surface area (Å²) in [5.74, 6) is 0. The molecule has 0 aromatic heterocycles. The predicted molar refractivity (Wildman–Crippen MR) is 81.8 cm³/mol. The van der Waals surface area contributed by atoms with Crippen molar-refractivity contribution in [2.24, 2.45) is 0 Å². The number of halogens is 1. The van der Waals surface area contributed by atoms with Gasteiger partial charge in [-0.2, -0.15) is 0 Å². The quantitative estimate of drug-likeness (QED) is 0.636. The minimum absolute atomic E-state index is 0.191. The standard InChI is InChI=1S/C16H14BrNO2/c17-16(11-19)12-20-18(14-9-5-2-6-10-14)15(16)13-7-3-1-4-8-13/h1-11,15H,12H2. The first-order valence-corrected chi connectivity index (χ1v) is 7.21. The number of alkyl halides is 1. The minimum atomic E-state index is -0.732. The van der Waals surface area contributed by atoms with E-state index in [1.165, 1.54) is 0 Å². The molecular formula is C16H14BrNO2. The van der Waals surface area contributed by atoms with Crippen LogP contribution in [0.4, 0.5) is 5.69 Å². The Morgan fingerprint density at radius 1 is 1.10 bits per heavy atom. The van der Waals surface area contributed by atoms with E-state index in [9.17, 15) is 4.79 Å². The summed E-state index contributed by atoms with van der Waals surface area (Å²) in [5.41, 5.74) is 1.97. The molecule has 1 saturated heterocycles. The van der Waals surface area contributed by atoms with Crippen molar-refractivity contribution in [2.45, 2.75) is 10.4 Å². The summed E-state index contributed by atoms with van der Waals surface area (Å²) in [5, 5.41) is 1.80. The lowest BCUT2D eigenvalue weighted by Crippen LogP contribution is -2.35. The molecule has 0 radical (unpaired) electrons. The summed E-state index contributed by atoms with van der Waals surface area (Å²) in [7, 11) is 0. The summed E-state index contributed by atoms with van der Waals surface area (Å²) >= 11 is 3.55. The zero-order chi connectivity index (χ0) is 14.0. The molecule has 0 N–H and O–H groups in total. The molecule has 4 heteroatoms. The van der Waals surface area contributed by atoms with Gasteiger partial charge in [-0.1, -0.05) is 64.5 Å². The molecule has 3 rings (SSSR count). The first kappa shape index (κ1) is 13.3. The average molecular weight is 332 g/mol. The Morgan fingerprint density at radius 2 is 1.70 bits per heavy atom. The zero-order valence-electron chi connectivity index (χ0n) is 10.8. The highest BCUT2D eigenvalue weighted by molar-refractivity contribution is 9.10. The number of rotatable bonds is 3. The number of para-hydroxylation sites is 1. The molecule has 0 spiro atoms. The molecule has 1 fully saturated rings. The van der Waals surface area contributed by atoms with Gasteiger partial charge in [0.25, 0.3) is 0 Å². The number of carbonyl (C=O) groups excluding carboxylic acids is 1. The van der Waals surface area contributed by atoms with Gasteiger partial charge < -0.3 is 4.79 Å². The van der Waals surface area contributed by atoms with Gasteiger partial charge in [0, 0.05) is 0 Å². The van der Waals surface area contributed by atoms with Crippen LogP contribution in [0.25, 0.3) is 0 Å². The van der Waals surface area contributed by atoms with Crippen molar-refractivity contribution in [3.63, 3.8) is 0 Å². The molecule has 2 aromatic rings. The number of benzene rings is 2. The van der Waals surface area contributed by atoms with E-state index in [0.717, 1.165) is 17.5 Å². The Hall–Kier alpha value is -1.65. The van der Waals surface area contributed by atoms with E-state index in [4.69, 9.17) is 4.84 Å². The maximum Gasteiger partial charge on any atom is 0.141 e. The second-order valence-corrected chi connectivity index (χ2v) is 6.27. The fourth-order valence-electron chi connectivity index (χ4n) is 2.46. The largest absolute Gasteiger partial charge is 0.302 e. The second kappa shape index (κ2) is 5.38. The van der Waals surface area contributed by atoms with Crippen LogP contribution in [0.1, 0.15) is 11.6 Å². The molecule has 2 aromatic carbocycles. The topological polar surface area (TPSA) is 29.5 Å². The SMILES string of the molecule is O=CC1(Br)CON(c2ccccc2)C1c1ccccc1. The van der Waals surface area contributed by atoms with Gasteiger partial charge in [-0.25, -0.2) is 5.06 Å². The zero-order valence-corrected chi connectivity index (χ0v) is 12.4. The van der Waals surface area contributed by atoms with E-state index < -0.39 is 4.32 Å². The van der Waals surface area contributed by atoms with Crippen LogP contribution in [-0.2, 0) is 9.63 Å². The van der Waals surface area contributed by atoms with Gasteiger partial charge in [-0.3, -0.25) is 4.84 Å². The Balaban J connectivity index is 2.05. The number of aldehydes is 1. The van der Waals surface area contributed by atoms with Gasteiger partial charge in [-0.05, 0) is 17.7 Å². The van der Waals surface area contributed by atoms with Crippen LogP contribution in [-0.4, -0.2) is 17.2 Å². The highest BCUT2D eigenvalue weighted by Gasteiger charge is 2.48. The van der Waals surface area contributed by atoms with E-state index in [-0.39, 0.29) is 6.04 Å². The van der Waals surface area contributed by atoms with Crippen molar-refractivity contribution in [1.29, 1.82) is 0 Å². The number of anilines is 1. The average Bonchev–Trinajstić information content (AvgIpc) is 2.87. The fraction of sp³-hybridized carbons (Fsp3) is 0.188. The lowest BCUT2D eigenvalue weighted by atomic mass is 9.95. The second-order valence-electron chi connectivity index (χ2n) is 4.79. The number of hydrogen-bond donors (Lipinski definition) is 0. The number of nitrogens with zero attached hydrogens (tertiary/aromatic N) is 1. The lowest BCUT2D eigenvalue weighted by molar-refractivity contribution is -0.109. The number of carbonyl (C=O) groups is 1. The molecule has 3 nitrogen and oxygen atoms in total. The van der Waals surface area contributed by atoms with Gasteiger partial charge in [0.2, 0.25) is 0 Å². The fourth-order valence-corrected chi connectivity index (χ4v) is 3.01. The maximum absolute atomic E-state index is 11.5. The van der Waals surface area contributed by atoms with Crippen molar-refractivity contribution in [3.8, 4) is 0 Å². The first-order valence-electron chi connectivity index (χ1n) is 6.42. The van der Waals surface area contributed by atoms with Crippen LogP contribution < -0.4 is 5.06 Å². The Labute approximate surface area is 126 Å². The summed E-state index contributed by atoms with van der Waals surface area (Å²) in [6, 6.07) is 19.5. The maximum atomic E-state index is 11.5. The molecule has 1 heterocycles. The van der Waals surface area contributed by atoms with E-state index in [0.29, 0.717) is 6.61 Å². The van der Waals surface area contributed by atoms with Crippen molar-refractivity contribution >= 4 is 27.9 Å². The summed E-state index contributed by atoms with van der Waals surface area (Å²) in [4.78, 5) is 17.3. The van der Waals surface area contributed by atoms with E-state index in [1.54, 1.807) is 5.06 Å². The van der Waals surface area contributed by atoms with Gasteiger partial charge in [0.1, 0.15) is 16.7 Å². The van der Waals surface area contributed by atoms with Crippen LogP contribution in [0.15, 0.2) is 60.7 Å². The van der Waals surface area contributed by atoms with Crippen molar-refractivity contribution < 1.29 is 9.63 Å². The van der Waals surface area contributed by atoms with Crippen LogP contribution in [0.2, 0.25) is 0 Å². The molecule has 1 aliphatic heterocycles. The monoisotopic (exact) mass is 331 g/mol. The van der Waals surface area contributed by atoms with E-state index >= 15 is 0 Å². The van der Waals surface area contributed by atoms with Gasteiger partial charge >= 0.3 is 0 Å². The van der Waals surface area contributed by atoms with E-state index in [2.05, 4.69) is 15.9 Å². The normalized spacial score (nSPS) is 25.6. The molecule has 0 aliphatic carbocycles. The van der Waals surface area contributed by atoms with Crippen LogP contribution in [0.3, 0.4) is 0 Å². The van der Waals surface area contributed by atoms with Crippen molar-refractivity contribution in [3.05, 3.63) is 66.2 Å². The molecule has 0 saturated carbocycles. The molecule has 2 unspecified atom stereocenters. The van der Waals surface area contributed by atoms with Gasteiger partial charge in [0.05, 0.1) is 12.3 Å². The third-order valence-electron chi connectivity index (χ3n) is 3.44.